The maximum atomic E-state index is 12.7. The number of morpholine rings is 1. The second kappa shape index (κ2) is 6.86. The molecule has 2 aromatic rings. The van der Waals surface area contributed by atoms with Crippen molar-refractivity contribution in [3.8, 4) is 0 Å². The van der Waals surface area contributed by atoms with Gasteiger partial charge in [-0.3, -0.25) is 4.79 Å². The Hall–Kier alpha value is -1.99. The minimum absolute atomic E-state index is 0.0922. The molecule has 1 N–H and O–H groups in total. The molecule has 2 atom stereocenters. The molecule has 24 heavy (non-hydrogen) atoms. The minimum Gasteiger partial charge on any atom is -0.394 e. The maximum absolute atomic E-state index is 12.7. The topological polar surface area (TPSA) is 80.5 Å². The molecule has 0 aromatic carbocycles. The van der Waals surface area contributed by atoms with Crippen LogP contribution in [0.4, 0.5) is 0 Å². The van der Waals surface area contributed by atoms with Gasteiger partial charge >= 0.3 is 0 Å². The smallest absolute Gasteiger partial charge is 0.255 e. The van der Waals surface area contributed by atoms with E-state index in [1.807, 2.05) is 11.5 Å². The van der Waals surface area contributed by atoms with Crippen molar-refractivity contribution in [2.24, 2.45) is 5.92 Å². The lowest BCUT2D eigenvalue weighted by Gasteiger charge is -2.36. The van der Waals surface area contributed by atoms with Gasteiger partial charge < -0.3 is 19.3 Å². The van der Waals surface area contributed by atoms with Crippen molar-refractivity contribution in [3.05, 3.63) is 24.2 Å². The lowest BCUT2D eigenvalue weighted by molar-refractivity contribution is -0.0858. The molecular weight excluding hydrogens is 308 g/mol. The van der Waals surface area contributed by atoms with Crippen molar-refractivity contribution in [3.63, 3.8) is 0 Å². The van der Waals surface area contributed by atoms with Crippen LogP contribution in [0.3, 0.4) is 0 Å². The Morgan fingerprint density at radius 3 is 2.92 bits per heavy atom. The average Bonchev–Trinajstić information content (AvgIpc) is 2.95. The van der Waals surface area contributed by atoms with Crippen molar-refractivity contribution in [1.29, 1.82) is 0 Å². The zero-order valence-electron chi connectivity index (χ0n) is 14.3. The molecule has 0 saturated carbocycles. The SMILES string of the molecule is CC(C)Cn1cnc2cc(C(=O)N3C[C@@H](CO)O[C@@H](C)C3)cnc21. The molecular formula is C17H24N4O3. The summed E-state index contributed by atoms with van der Waals surface area (Å²) < 4.78 is 7.59. The molecule has 0 radical (unpaired) electrons. The van der Waals surface area contributed by atoms with Crippen molar-refractivity contribution in [2.75, 3.05) is 19.7 Å². The van der Waals surface area contributed by atoms with E-state index >= 15 is 0 Å². The Labute approximate surface area is 141 Å². The summed E-state index contributed by atoms with van der Waals surface area (Å²) in [7, 11) is 0. The molecule has 0 aliphatic carbocycles. The first-order valence-corrected chi connectivity index (χ1v) is 8.34. The highest BCUT2D eigenvalue weighted by atomic mass is 16.5. The molecule has 1 aliphatic heterocycles. The van der Waals surface area contributed by atoms with E-state index < -0.39 is 0 Å². The van der Waals surface area contributed by atoms with E-state index in [2.05, 4.69) is 23.8 Å². The number of amides is 1. The van der Waals surface area contributed by atoms with E-state index in [1.54, 1.807) is 23.5 Å². The Morgan fingerprint density at radius 2 is 2.21 bits per heavy atom. The van der Waals surface area contributed by atoms with Gasteiger partial charge in [0.25, 0.3) is 5.91 Å². The molecule has 7 heteroatoms. The van der Waals surface area contributed by atoms with Crippen molar-refractivity contribution in [1.82, 2.24) is 19.4 Å². The molecule has 130 valence electrons. The van der Waals surface area contributed by atoms with Gasteiger partial charge in [0.05, 0.1) is 30.7 Å². The summed E-state index contributed by atoms with van der Waals surface area (Å²) in [5.41, 5.74) is 2.04. The van der Waals surface area contributed by atoms with Gasteiger partial charge in [-0.2, -0.15) is 0 Å². The summed E-state index contributed by atoms with van der Waals surface area (Å²) in [6.07, 6.45) is 2.95. The van der Waals surface area contributed by atoms with E-state index in [-0.39, 0.29) is 24.7 Å². The number of nitrogens with zero attached hydrogens (tertiary/aromatic N) is 4. The van der Waals surface area contributed by atoms with E-state index in [9.17, 15) is 9.90 Å². The normalized spacial score (nSPS) is 21.6. The molecule has 0 bridgehead atoms. The molecule has 1 fully saturated rings. The van der Waals surface area contributed by atoms with Crippen LogP contribution in [0, 0.1) is 5.92 Å². The number of aliphatic hydroxyl groups is 1. The van der Waals surface area contributed by atoms with Gasteiger partial charge in [-0.1, -0.05) is 13.8 Å². The predicted molar refractivity (Wildman–Crippen MR) is 89.7 cm³/mol. The van der Waals surface area contributed by atoms with Gasteiger partial charge in [0.1, 0.15) is 5.52 Å². The van der Waals surface area contributed by atoms with Gasteiger partial charge in [-0.05, 0) is 18.9 Å². The summed E-state index contributed by atoms with van der Waals surface area (Å²) in [5, 5.41) is 9.31. The van der Waals surface area contributed by atoms with Crippen LogP contribution in [-0.2, 0) is 11.3 Å². The maximum Gasteiger partial charge on any atom is 0.255 e. The van der Waals surface area contributed by atoms with Gasteiger partial charge in [-0.15, -0.1) is 0 Å². The number of carbonyl (C=O) groups excluding carboxylic acids is 1. The van der Waals surface area contributed by atoms with Gasteiger partial charge in [0.2, 0.25) is 0 Å². The average molecular weight is 332 g/mol. The lowest BCUT2D eigenvalue weighted by Crippen LogP contribution is -2.50. The van der Waals surface area contributed by atoms with Crippen LogP contribution in [-0.4, -0.2) is 62.4 Å². The molecule has 1 amide bonds. The third-order valence-corrected chi connectivity index (χ3v) is 4.08. The van der Waals surface area contributed by atoms with Gasteiger partial charge in [0, 0.05) is 25.8 Å². The van der Waals surface area contributed by atoms with Crippen molar-refractivity contribution in [2.45, 2.75) is 39.5 Å². The van der Waals surface area contributed by atoms with Crippen molar-refractivity contribution >= 4 is 17.1 Å². The van der Waals surface area contributed by atoms with Crippen LogP contribution < -0.4 is 0 Å². The molecule has 3 heterocycles. The Morgan fingerprint density at radius 1 is 1.42 bits per heavy atom. The Kier molecular flexibility index (Phi) is 4.82. The number of ether oxygens (including phenoxy) is 1. The van der Waals surface area contributed by atoms with E-state index in [1.165, 1.54) is 0 Å². The van der Waals surface area contributed by atoms with Crippen LogP contribution in [0.5, 0.6) is 0 Å². The molecule has 3 rings (SSSR count). The van der Waals surface area contributed by atoms with E-state index in [0.717, 1.165) is 17.7 Å². The molecule has 0 unspecified atom stereocenters. The molecule has 7 nitrogen and oxygen atoms in total. The summed E-state index contributed by atoms with van der Waals surface area (Å²) in [5.74, 6) is 0.396. The van der Waals surface area contributed by atoms with Crippen LogP contribution in [0.25, 0.3) is 11.2 Å². The number of carbonyl (C=O) groups is 1. The number of aliphatic hydroxyl groups excluding tert-OH is 1. The molecule has 0 spiro atoms. The largest absolute Gasteiger partial charge is 0.394 e. The van der Waals surface area contributed by atoms with E-state index in [0.29, 0.717) is 24.6 Å². The second-order valence-electron chi connectivity index (χ2n) is 6.82. The fraction of sp³-hybridized carbons (Fsp3) is 0.588. The quantitative estimate of drug-likeness (QED) is 0.913. The first kappa shape index (κ1) is 16.9. The number of fused-ring (bicyclic) bond motifs is 1. The van der Waals surface area contributed by atoms with Crippen LogP contribution in [0.2, 0.25) is 0 Å². The van der Waals surface area contributed by atoms with Gasteiger partial charge in [-0.25, -0.2) is 9.97 Å². The second-order valence-corrected chi connectivity index (χ2v) is 6.82. The highest BCUT2D eigenvalue weighted by Gasteiger charge is 2.29. The van der Waals surface area contributed by atoms with Crippen LogP contribution in [0.1, 0.15) is 31.1 Å². The highest BCUT2D eigenvalue weighted by molar-refractivity contribution is 5.96. The Balaban J connectivity index is 1.82. The molecule has 1 saturated heterocycles. The lowest BCUT2D eigenvalue weighted by atomic mass is 10.1. The van der Waals surface area contributed by atoms with Crippen LogP contribution >= 0.6 is 0 Å². The van der Waals surface area contributed by atoms with E-state index in [4.69, 9.17) is 4.74 Å². The third-order valence-electron chi connectivity index (χ3n) is 4.08. The number of rotatable bonds is 4. The number of hydrogen-bond acceptors (Lipinski definition) is 5. The van der Waals surface area contributed by atoms with Crippen LogP contribution in [0.15, 0.2) is 18.6 Å². The monoisotopic (exact) mass is 332 g/mol. The zero-order valence-corrected chi connectivity index (χ0v) is 14.3. The standard InChI is InChI=1S/C17H24N4O3/c1-11(2)6-21-10-19-15-4-13(5-18-16(15)21)17(23)20-7-12(3)24-14(8-20)9-22/h4-5,10-12,14,22H,6-9H2,1-3H3/t12-,14-/m0/s1. The zero-order chi connectivity index (χ0) is 17.3. The van der Waals surface area contributed by atoms with Crippen molar-refractivity contribution < 1.29 is 14.6 Å². The number of imidazole rings is 1. The predicted octanol–water partition coefficient (Wildman–Crippen LogP) is 1.31. The summed E-state index contributed by atoms with van der Waals surface area (Å²) in [6, 6.07) is 1.79. The number of hydrogen-bond donors (Lipinski definition) is 1. The molecule has 1 aliphatic rings. The fourth-order valence-electron chi connectivity index (χ4n) is 3.09. The summed E-state index contributed by atoms with van der Waals surface area (Å²) in [6.45, 7) is 7.83. The minimum atomic E-state index is -0.334. The third kappa shape index (κ3) is 3.42. The Bertz CT molecular complexity index is 728. The first-order valence-electron chi connectivity index (χ1n) is 8.34. The number of aromatic nitrogens is 3. The van der Waals surface area contributed by atoms with Gasteiger partial charge in [0.15, 0.2) is 5.65 Å². The first-order chi connectivity index (χ1) is 11.5. The summed E-state index contributed by atoms with van der Waals surface area (Å²) in [4.78, 5) is 23.3. The highest BCUT2D eigenvalue weighted by Crippen LogP contribution is 2.18. The fourth-order valence-corrected chi connectivity index (χ4v) is 3.09. The molecule has 2 aromatic heterocycles. The summed E-state index contributed by atoms with van der Waals surface area (Å²) >= 11 is 0. The number of pyridine rings is 1.